The molecule has 3 rings (SSSR count). The Morgan fingerprint density at radius 3 is 1.60 bits per heavy atom. The van der Waals surface area contributed by atoms with Crippen LogP contribution in [0.5, 0.6) is 0 Å². The number of aryl methyl sites for hydroxylation is 1. The molecule has 0 radical (unpaired) electrons. The summed E-state index contributed by atoms with van der Waals surface area (Å²) < 4.78 is 0. The molecule has 0 heteroatoms. The van der Waals surface area contributed by atoms with Gasteiger partial charge in [0.15, 0.2) is 0 Å². The highest BCUT2D eigenvalue weighted by molar-refractivity contribution is 5.65. The Morgan fingerprint density at radius 1 is 0.680 bits per heavy atom. The van der Waals surface area contributed by atoms with Gasteiger partial charge in [0, 0.05) is 11.1 Å². The second kappa shape index (κ2) is 7.86. The average Bonchev–Trinajstić information content (AvgIpc) is 2.67. The van der Waals surface area contributed by atoms with Crippen LogP contribution in [-0.4, -0.2) is 0 Å². The van der Waals surface area contributed by atoms with Crippen molar-refractivity contribution in [3.05, 3.63) is 95.1 Å². The molecule has 0 aliphatic heterocycles. The zero-order chi connectivity index (χ0) is 17.6. The third-order valence-corrected chi connectivity index (χ3v) is 4.71. The summed E-state index contributed by atoms with van der Waals surface area (Å²) >= 11 is 0. The van der Waals surface area contributed by atoms with Crippen molar-refractivity contribution >= 4 is 0 Å². The normalized spacial score (nSPS) is 11.5. The lowest BCUT2D eigenvalue weighted by molar-refractivity contribution is 0.734. The van der Waals surface area contributed by atoms with Crippen LogP contribution >= 0.6 is 0 Å². The van der Waals surface area contributed by atoms with Crippen molar-refractivity contribution in [2.75, 3.05) is 0 Å². The predicted molar refractivity (Wildman–Crippen MR) is 108 cm³/mol. The Labute approximate surface area is 151 Å². The minimum atomic E-state index is 0.619. The van der Waals surface area contributed by atoms with Gasteiger partial charge in [0.05, 0.1) is 0 Å². The van der Waals surface area contributed by atoms with Crippen molar-refractivity contribution in [2.45, 2.75) is 33.1 Å². The first-order valence-electron chi connectivity index (χ1n) is 8.95. The van der Waals surface area contributed by atoms with Gasteiger partial charge < -0.3 is 0 Å². The van der Waals surface area contributed by atoms with E-state index in [4.69, 9.17) is 0 Å². The summed E-state index contributed by atoms with van der Waals surface area (Å²) in [7, 11) is 0. The van der Waals surface area contributed by atoms with Gasteiger partial charge in [0.25, 0.3) is 0 Å². The van der Waals surface area contributed by atoms with Crippen LogP contribution in [0.25, 0.3) is 11.1 Å². The Balaban J connectivity index is 1.75. The van der Waals surface area contributed by atoms with E-state index in [0.29, 0.717) is 5.92 Å². The SMILES string of the molecule is CCC(C)c1ccc(-c2ccc(C#Cc3ccc(C)cc3)cc2)cc1. The second-order valence-electron chi connectivity index (χ2n) is 6.62. The highest BCUT2D eigenvalue weighted by atomic mass is 14.1. The molecule has 25 heavy (non-hydrogen) atoms. The van der Waals surface area contributed by atoms with Crippen LogP contribution in [0.1, 0.15) is 48.4 Å². The Bertz CT molecular complexity index is 870. The van der Waals surface area contributed by atoms with Crippen molar-refractivity contribution in [1.29, 1.82) is 0 Å². The fraction of sp³-hybridized carbons (Fsp3) is 0.200. The fourth-order valence-corrected chi connectivity index (χ4v) is 2.77. The van der Waals surface area contributed by atoms with Crippen molar-refractivity contribution < 1.29 is 0 Å². The van der Waals surface area contributed by atoms with E-state index in [1.54, 1.807) is 0 Å². The minimum absolute atomic E-state index is 0.619. The lowest BCUT2D eigenvalue weighted by Gasteiger charge is -2.10. The molecule has 0 spiro atoms. The molecule has 0 aliphatic carbocycles. The summed E-state index contributed by atoms with van der Waals surface area (Å²) in [5, 5.41) is 0. The molecule has 0 amide bonds. The van der Waals surface area contributed by atoms with E-state index in [-0.39, 0.29) is 0 Å². The third kappa shape index (κ3) is 4.40. The fourth-order valence-electron chi connectivity index (χ4n) is 2.77. The molecular formula is C25H24. The molecule has 124 valence electrons. The first-order chi connectivity index (χ1) is 12.2. The van der Waals surface area contributed by atoms with Crippen LogP contribution in [0.3, 0.4) is 0 Å². The quantitative estimate of drug-likeness (QED) is 0.478. The number of hydrogen-bond donors (Lipinski definition) is 0. The molecule has 0 saturated carbocycles. The summed E-state index contributed by atoms with van der Waals surface area (Å²) in [6.45, 7) is 6.59. The van der Waals surface area contributed by atoms with Gasteiger partial charge in [-0.25, -0.2) is 0 Å². The van der Waals surface area contributed by atoms with Gasteiger partial charge in [-0.05, 0) is 60.2 Å². The molecule has 0 bridgehead atoms. The van der Waals surface area contributed by atoms with E-state index >= 15 is 0 Å². The van der Waals surface area contributed by atoms with Crippen LogP contribution in [0.15, 0.2) is 72.8 Å². The van der Waals surface area contributed by atoms with Crippen molar-refractivity contribution in [3.63, 3.8) is 0 Å². The van der Waals surface area contributed by atoms with E-state index in [9.17, 15) is 0 Å². The largest absolute Gasteiger partial charge is 0.0648 e. The number of hydrogen-bond acceptors (Lipinski definition) is 0. The molecule has 0 N–H and O–H groups in total. The molecule has 0 aromatic heterocycles. The van der Waals surface area contributed by atoms with Gasteiger partial charge in [-0.3, -0.25) is 0 Å². The van der Waals surface area contributed by atoms with Crippen LogP contribution in [0.2, 0.25) is 0 Å². The monoisotopic (exact) mass is 324 g/mol. The summed E-state index contributed by atoms with van der Waals surface area (Å²) in [5.74, 6) is 7.08. The maximum Gasteiger partial charge on any atom is 0.0249 e. The molecule has 1 unspecified atom stereocenters. The summed E-state index contributed by atoms with van der Waals surface area (Å²) in [6, 6.07) is 25.7. The first kappa shape index (κ1) is 17.1. The summed E-state index contributed by atoms with van der Waals surface area (Å²) in [4.78, 5) is 0. The molecule has 3 aromatic carbocycles. The number of rotatable bonds is 3. The average molecular weight is 324 g/mol. The lowest BCUT2D eigenvalue weighted by atomic mass is 9.95. The Kier molecular flexibility index (Phi) is 5.36. The molecule has 0 heterocycles. The standard InChI is InChI=1S/C25H24/c1-4-20(3)23-15-17-25(18-16-23)24-13-11-22(12-14-24)10-9-21-7-5-19(2)6-8-21/h5-8,11-18,20H,4H2,1-3H3. The minimum Gasteiger partial charge on any atom is -0.0648 e. The van der Waals surface area contributed by atoms with Gasteiger partial charge >= 0.3 is 0 Å². The van der Waals surface area contributed by atoms with E-state index < -0.39 is 0 Å². The zero-order valence-electron chi connectivity index (χ0n) is 15.2. The van der Waals surface area contributed by atoms with Crippen molar-refractivity contribution in [2.24, 2.45) is 0 Å². The molecule has 0 fully saturated rings. The molecule has 0 saturated heterocycles. The van der Waals surface area contributed by atoms with Gasteiger partial charge in [0.2, 0.25) is 0 Å². The predicted octanol–water partition coefficient (Wildman–Crippen LogP) is 6.58. The van der Waals surface area contributed by atoms with Gasteiger partial charge in [-0.1, -0.05) is 79.8 Å². The summed E-state index contributed by atoms with van der Waals surface area (Å²) in [5.41, 5.74) is 7.25. The van der Waals surface area contributed by atoms with E-state index in [2.05, 4.69) is 105 Å². The van der Waals surface area contributed by atoms with Gasteiger partial charge in [-0.15, -0.1) is 0 Å². The van der Waals surface area contributed by atoms with E-state index in [1.165, 1.54) is 28.7 Å². The first-order valence-corrected chi connectivity index (χ1v) is 8.95. The van der Waals surface area contributed by atoms with Gasteiger partial charge in [0.1, 0.15) is 0 Å². The third-order valence-electron chi connectivity index (χ3n) is 4.71. The Hall–Kier alpha value is -2.78. The second-order valence-corrected chi connectivity index (χ2v) is 6.62. The van der Waals surface area contributed by atoms with Crippen molar-refractivity contribution in [1.82, 2.24) is 0 Å². The maximum absolute atomic E-state index is 3.24. The van der Waals surface area contributed by atoms with Crippen LogP contribution in [0, 0.1) is 18.8 Å². The lowest BCUT2D eigenvalue weighted by Crippen LogP contribution is -1.90. The maximum atomic E-state index is 3.24. The van der Waals surface area contributed by atoms with Gasteiger partial charge in [-0.2, -0.15) is 0 Å². The van der Waals surface area contributed by atoms with Crippen LogP contribution in [0.4, 0.5) is 0 Å². The molecule has 1 atom stereocenters. The smallest absolute Gasteiger partial charge is 0.0249 e. The Morgan fingerprint density at radius 2 is 1.12 bits per heavy atom. The van der Waals surface area contributed by atoms with E-state index in [0.717, 1.165) is 11.1 Å². The summed E-state index contributed by atoms with van der Waals surface area (Å²) in [6.07, 6.45) is 1.17. The zero-order valence-corrected chi connectivity index (χ0v) is 15.2. The van der Waals surface area contributed by atoms with Crippen molar-refractivity contribution in [3.8, 4) is 23.0 Å². The van der Waals surface area contributed by atoms with Crippen LogP contribution in [-0.2, 0) is 0 Å². The molecule has 0 aliphatic rings. The highest BCUT2D eigenvalue weighted by Crippen LogP contribution is 2.24. The van der Waals surface area contributed by atoms with Crippen LogP contribution < -0.4 is 0 Å². The molecule has 3 aromatic rings. The van der Waals surface area contributed by atoms with E-state index in [1.807, 2.05) is 0 Å². The topological polar surface area (TPSA) is 0 Å². The molecule has 0 nitrogen and oxygen atoms in total. The molecular weight excluding hydrogens is 300 g/mol. The number of benzene rings is 3. The highest BCUT2D eigenvalue weighted by Gasteiger charge is 2.03.